The molecule has 0 aliphatic rings. The number of H-pyrrole nitrogens is 1. The van der Waals surface area contributed by atoms with E-state index in [0.717, 1.165) is 11.3 Å². The van der Waals surface area contributed by atoms with Crippen molar-refractivity contribution in [3.63, 3.8) is 0 Å². The number of benzene rings is 2. The molecule has 0 atom stereocenters. The van der Waals surface area contributed by atoms with E-state index in [0.29, 0.717) is 17.9 Å². The van der Waals surface area contributed by atoms with Crippen LogP contribution in [0.2, 0.25) is 0 Å². The number of rotatable bonds is 6. The molecule has 0 radical (unpaired) electrons. The quantitative estimate of drug-likeness (QED) is 0.527. The van der Waals surface area contributed by atoms with Gasteiger partial charge >= 0.3 is 0 Å². The van der Waals surface area contributed by atoms with E-state index in [1.807, 2.05) is 31.2 Å². The van der Waals surface area contributed by atoms with Gasteiger partial charge in [0.05, 0.1) is 18.5 Å². The van der Waals surface area contributed by atoms with E-state index < -0.39 is 5.91 Å². The smallest absolute Gasteiger partial charge is 0.289 e. The number of aromatic amines is 1. The van der Waals surface area contributed by atoms with Gasteiger partial charge in [0, 0.05) is 5.56 Å². The minimum absolute atomic E-state index is 0.276. The lowest BCUT2D eigenvalue weighted by atomic mass is 10.1. The highest BCUT2D eigenvalue weighted by Crippen LogP contribution is 2.22. The molecular formula is C19H17FN4O2. The van der Waals surface area contributed by atoms with E-state index in [2.05, 4.69) is 20.7 Å². The lowest BCUT2D eigenvalue weighted by molar-refractivity contribution is 0.0950. The number of carbonyl (C=O) groups excluding carboxylic acids is 1. The molecule has 6 nitrogen and oxygen atoms in total. The van der Waals surface area contributed by atoms with Crippen LogP contribution in [0.3, 0.4) is 0 Å². The molecule has 0 bridgehead atoms. The Morgan fingerprint density at radius 1 is 1.27 bits per heavy atom. The molecule has 2 aromatic carbocycles. The highest BCUT2D eigenvalue weighted by molar-refractivity contribution is 5.94. The number of ether oxygens (including phenoxy) is 1. The molecule has 0 spiro atoms. The van der Waals surface area contributed by atoms with E-state index in [-0.39, 0.29) is 11.5 Å². The number of carbonyl (C=O) groups is 1. The van der Waals surface area contributed by atoms with Crippen LogP contribution in [0.15, 0.2) is 59.7 Å². The molecular weight excluding hydrogens is 335 g/mol. The second-order valence-corrected chi connectivity index (χ2v) is 5.38. The Kier molecular flexibility index (Phi) is 5.38. The zero-order chi connectivity index (χ0) is 18.4. The largest absolute Gasteiger partial charge is 0.494 e. The van der Waals surface area contributed by atoms with E-state index in [1.165, 1.54) is 18.3 Å². The predicted molar refractivity (Wildman–Crippen MR) is 96.7 cm³/mol. The molecule has 0 fully saturated rings. The number of hydrogen-bond acceptors (Lipinski definition) is 4. The summed E-state index contributed by atoms with van der Waals surface area (Å²) in [6.07, 6.45) is 1.43. The first-order valence-electron chi connectivity index (χ1n) is 8.03. The van der Waals surface area contributed by atoms with Gasteiger partial charge in [0.2, 0.25) is 0 Å². The monoisotopic (exact) mass is 352 g/mol. The first kappa shape index (κ1) is 17.3. The van der Waals surface area contributed by atoms with Crippen LogP contribution in [-0.2, 0) is 0 Å². The minimum Gasteiger partial charge on any atom is -0.494 e. The summed E-state index contributed by atoms with van der Waals surface area (Å²) in [4.78, 5) is 12.1. The van der Waals surface area contributed by atoms with Crippen molar-refractivity contribution in [2.75, 3.05) is 6.61 Å². The average Bonchev–Trinajstić information content (AvgIpc) is 3.14. The third-order valence-electron chi connectivity index (χ3n) is 3.51. The predicted octanol–water partition coefficient (Wildman–Crippen LogP) is 3.38. The SMILES string of the molecule is CCOc1cccc(-c2cc(C(=O)NN=Cc3ccc(F)cc3)[nH]n2)c1. The molecule has 0 saturated carbocycles. The molecule has 7 heteroatoms. The first-order valence-corrected chi connectivity index (χ1v) is 8.03. The van der Waals surface area contributed by atoms with Crippen LogP contribution < -0.4 is 10.2 Å². The van der Waals surface area contributed by atoms with Crippen LogP contribution in [-0.4, -0.2) is 28.9 Å². The van der Waals surface area contributed by atoms with Gasteiger partial charge in [-0.3, -0.25) is 9.89 Å². The summed E-state index contributed by atoms with van der Waals surface area (Å²) in [5.41, 5.74) is 4.80. The molecule has 0 saturated heterocycles. The van der Waals surface area contributed by atoms with Crippen molar-refractivity contribution >= 4 is 12.1 Å². The number of nitrogens with one attached hydrogen (secondary N) is 2. The Labute approximate surface area is 149 Å². The number of aromatic nitrogens is 2. The maximum atomic E-state index is 12.8. The summed E-state index contributed by atoms with van der Waals surface area (Å²) in [5, 5.41) is 10.7. The lowest BCUT2D eigenvalue weighted by Gasteiger charge is -2.03. The highest BCUT2D eigenvalue weighted by atomic mass is 19.1. The van der Waals surface area contributed by atoms with Gasteiger partial charge in [-0.25, -0.2) is 9.82 Å². The average molecular weight is 352 g/mol. The van der Waals surface area contributed by atoms with Crippen LogP contribution in [0, 0.1) is 5.82 Å². The summed E-state index contributed by atoms with van der Waals surface area (Å²) in [5.74, 6) is -0.0180. The van der Waals surface area contributed by atoms with Crippen molar-refractivity contribution in [2.24, 2.45) is 5.10 Å². The van der Waals surface area contributed by atoms with Crippen molar-refractivity contribution in [2.45, 2.75) is 6.92 Å². The van der Waals surface area contributed by atoms with Gasteiger partial charge in [0.1, 0.15) is 17.3 Å². The van der Waals surface area contributed by atoms with Gasteiger partial charge in [-0.1, -0.05) is 24.3 Å². The van der Waals surface area contributed by atoms with Gasteiger partial charge in [-0.15, -0.1) is 0 Å². The number of nitrogens with zero attached hydrogens (tertiary/aromatic N) is 2. The molecule has 0 aliphatic heterocycles. The molecule has 1 aromatic heterocycles. The fourth-order valence-corrected chi connectivity index (χ4v) is 2.27. The number of amides is 1. The maximum absolute atomic E-state index is 12.8. The van der Waals surface area contributed by atoms with Gasteiger partial charge in [-0.2, -0.15) is 10.2 Å². The Morgan fingerprint density at radius 3 is 2.85 bits per heavy atom. The van der Waals surface area contributed by atoms with Crippen LogP contribution in [0.25, 0.3) is 11.3 Å². The highest BCUT2D eigenvalue weighted by Gasteiger charge is 2.11. The number of hydrazone groups is 1. The van der Waals surface area contributed by atoms with Gasteiger partial charge in [0.15, 0.2) is 0 Å². The topological polar surface area (TPSA) is 79.4 Å². The third kappa shape index (κ3) is 4.32. The first-order chi connectivity index (χ1) is 12.7. The maximum Gasteiger partial charge on any atom is 0.289 e. The van der Waals surface area contributed by atoms with E-state index in [1.54, 1.807) is 18.2 Å². The summed E-state index contributed by atoms with van der Waals surface area (Å²) in [6, 6.07) is 14.9. The van der Waals surface area contributed by atoms with E-state index in [4.69, 9.17) is 4.74 Å². The van der Waals surface area contributed by atoms with E-state index >= 15 is 0 Å². The second kappa shape index (κ2) is 8.06. The summed E-state index contributed by atoms with van der Waals surface area (Å²) < 4.78 is 18.3. The molecule has 1 heterocycles. The van der Waals surface area contributed by atoms with Crippen LogP contribution in [0.4, 0.5) is 4.39 Å². The Morgan fingerprint density at radius 2 is 2.08 bits per heavy atom. The Bertz CT molecular complexity index is 919. The number of halogens is 1. The summed E-state index contributed by atoms with van der Waals surface area (Å²) >= 11 is 0. The second-order valence-electron chi connectivity index (χ2n) is 5.38. The van der Waals surface area contributed by atoms with Gasteiger partial charge in [-0.05, 0) is 42.8 Å². The molecule has 2 N–H and O–H groups in total. The molecule has 132 valence electrons. The summed E-state index contributed by atoms with van der Waals surface area (Å²) in [6.45, 7) is 2.49. The van der Waals surface area contributed by atoms with Gasteiger partial charge in [0.25, 0.3) is 5.91 Å². The van der Waals surface area contributed by atoms with Crippen molar-refractivity contribution in [1.82, 2.24) is 15.6 Å². The Hall–Kier alpha value is -3.48. The molecule has 1 amide bonds. The lowest BCUT2D eigenvalue weighted by Crippen LogP contribution is -2.17. The standard InChI is InChI=1S/C19H17FN4O2/c1-2-26-16-5-3-4-14(10-16)17-11-18(23-22-17)19(25)24-21-12-13-6-8-15(20)9-7-13/h3-12H,2H2,1H3,(H,22,23)(H,24,25). The fourth-order valence-electron chi connectivity index (χ4n) is 2.27. The molecule has 26 heavy (non-hydrogen) atoms. The summed E-state index contributed by atoms with van der Waals surface area (Å²) in [7, 11) is 0. The van der Waals surface area contributed by atoms with Crippen LogP contribution in [0.1, 0.15) is 23.0 Å². The fraction of sp³-hybridized carbons (Fsp3) is 0.105. The number of hydrogen-bond donors (Lipinski definition) is 2. The minimum atomic E-state index is -0.428. The third-order valence-corrected chi connectivity index (χ3v) is 3.51. The van der Waals surface area contributed by atoms with Crippen LogP contribution >= 0.6 is 0 Å². The van der Waals surface area contributed by atoms with E-state index in [9.17, 15) is 9.18 Å². The van der Waals surface area contributed by atoms with Crippen molar-refractivity contribution in [3.8, 4) is 17.0 Å². The molecule has 0 aliphatic carbocycles. The zero-order valence-corrected chi connectivity index (χ0v) is 14.1. The zero-order valence-electron chi connectivity index (χ0n) is 14.1. The Balaban J connectivity index is 1.66. The van der Waals surface area contributed by atoms with Crippen molar-refractivity contribution in [3.05, 3.63) is 71.7 Å². The molecule has 3 rings (SSSR count). The molecule has 3 aromatic rings. The normalized spacial score (nSPS) is 10.8. The van der Waals surface area contributed by atoms with Crippen molar-refractivity contribution in [1.29, 1.82) is 0 Å². The van der Waals surface area contributed by atoms with Gasteiger partial charge < -0.3 is 4.74 Å². The van der Waals surface area contributed by atoms with Crippen LogP contribution in [0.5, 0.6) is 5.75 Å². The molecule has 0 unspecified atom stereocenters. The van der Waals surface area contributed by atoms with Crippen molar-refractivity contribution < 1.29 is 13.9 Å².